The zero-order valence-corrected chi connectivity index (χ0v) is 23.3. The van der Waals surface area contributed by atoms with Gasteiger partial charge in [0.05, 0.1) is 11.5 Å². The third kappa shape index (κ3) is 16.7. The second kappa shape index (κ2) is 17.0. The molecule has 1 rings (SSSR count). The summed E-state index contributed by atoms with van der Waals surface area (Å²) in [6.07, 6.45) is 7.79. The molecule has 0 aliphatic rings. The highest BCUT2D eigenvalue weighted by Gasteiger charge is 2.19. The lowest BCUT2D eigenvalue weighted by Crippen LogP contribution is -2.15. The molecule has 0 aromatic heterocycles. The van der Waals surface area contributed by atoms with Gasteiger partial charge < -0.3 is 5.11 Å². The van der Waals surface area contributed by atoms with E-state index in [1.165, 1.54) is 0 Å². The average Bonchev–Trinajstić information content (AvgIpc) is 2.64. The SMILES string of the molecule is C.CSSC(C)(C)CCCO.CSSC(C)(C)CCCOS(=O)(=O)c1ccc(C)cc1. The van der Waals surface area contributed by atoms with E-state index in [-0.39, 0.29) is 23.7 Å². The second-order valence-corrected chi connectivity index (χ2v) is 15.9. The maximum atomic E-state index is 12.0. The maximum Gasteiger partial charge on any atom is 0.296 e. The highest BCUT2D eigenvalue weighted by atomic mass is 33.1. The molecule has 0 fully saturated rings. The fourth-order valence-electron chi connectivity index (χ4n) is 2.48. The number of hydrogen-bond acceptors (Lipinski definition) is 8. The molecule has 0 amide bonds. The smallest absolute Gasteiger partial charge is 0.296 e. The van der Waals surface area contributed by atoms with E-state index in [9.17, 15) is 8.42 Å². The second-order valence-electron chi connectivity index (χ2n) is 8.04. The zero-order chi connectivity index (χ0) is 23.3. The van der Waals surface area contributed by atoms with E-state index in [0.717, 1.165) is 31.2 Å². The molecular weight excluding hydrogens is 489 g/mol. The molecule has 0 heterocycles. The molecule has 0 saturated heterocycles. The molecular formula is C22H42O4S5. The molecule has 0 atom stereocenters. The Labute approximate surface area is 207 Å². The lowest BCUT2D eigenvalue weighted by atomic mass is 10.1. The van der Waals surface area contributed by atoms with Crippen molar-refractivity contribution in [2.45, 2.75) is 82.1 Å². The van der Waals surface area contributed by atoms with E-state index >= 15 is 0 Å². The Morgan fingerprint density at radius 1 is 0.903 bits per heavy atom. The van der Waals surface area contributed by atoms with Crippen LogP contribution in [0.3, 0.4) is 0 Å². The van der Waals surface area contributed by atoms with Crippen LogP contribution in [0.1, 0.15) is 66.4 Å². The average molecular weight is 531 g/mol. The van der Waals surface area contributed by atoms with Gasteiger partial charge in [-0.1, -0.05) is 68.3 Å². The lowest BCUT2D eigenvalue weighted by molar-refractivity contribution is 0.279. The van der Waals surface area contributed by atoms with Crippen LogP contribution in [0.15, 0.2) is 29.2 Å². The van der Waals surface area contributed by atoms with Gasteiger partial charge in [0, 0.05) is 16.1 Å². The van der Waals surface area contributed by atoms with E-state index in [2.05, 4.69) is 34.0 Å². The lowest BCUT2D eigenvalue weighted by Gasteiger charge is -2.22. The van der Waals surface area contributed by atoms with Gasteiger partial charge in [-0.2, -0.15) is 8.42 Å². The third-order valence-corrected chi connectivity index (χ3v) is 10.7. The molecule has 4 nitrogen and oxygen atoms in total. The number of aryl methyl sites for hydroxylation is 1. The Morgan fingerprint density at radius 2 is 1.35 bits per heavy atom. The van der Waals surface area contributed by atoms with Crippen LogP contribution in [0.25, 0.3) is 0 Å². The summed E-state index contributed by atoms with van der Waals surface area (Å²) < 4.78 is 29.5. The first-order valence-corrected chi connectivity index (χ1v) is 16.4. The summed E-state index contributed by atoms with van der Waals surface area (Å²) in [4.78, 5) is 0.223. The first-order chi connectivity index (χ1) is 13.9. The largest absolute Gasteiger partial charge is 0.396 e. The van der Waals surface area contributed by atoms with Crippen molar-refractivity contribution in [3.8, 4) is 0 Å². The van der Waals surface area contributed by atoms with Gasteiger partial charge >= 0.3 is 0 Å². The van der Waals surface area contributed by atoms with E-state index in [1.807, 2.05) is 24.0 Å². The molecule has 0 aliphatic heterocycles. The summed E-state index contributed by atoms with van der Waals surface area (Å²) in [6, 6.07) is 6.71. The van der Waals surface area contributed by atoms with Gasteiger partial charge in [0.2, 0.25) is 0 Å². The Morgan fingerprint density at radius 3 is 1.77 bits per heavy atom. The fraction of sp³-hybridized carbons (Fsp3) is 0.727. The fourth-order valence-corrected chi connectivity index (χ4v) is 7.99. The minimum atomic E-state index is -3.62. The zero-order valence-electron chi connectivity index (χ0n) is 19.3. The molecule has 31 heavy (non-hydrogen) atoms. The van der Waals surface area contributed by atoms with Crippen LogP contribution in [0.2, 0.25) is 0 Å². The van der Waals surface area contributed by atoms with Crippen molar-refractivity contribution >= 4 is 53.3 Å². The number of benzene rings is 1. The standard InChI is InChI=1S/C14H22O3S3.C7H16OS2.CH4/c1-12-6-8-13(9-7-12)20(15,16)17-11-5-10-14(2,3)19-18-4;1-7(2,10-9-3)5-4-6-8;/h6-9H,5,10-11H2,1-4H3;8H,4-6H2,1-3H3;1H4. The minimum Gasteiger partial charge on any atom is -0.396 e. The number of aliphatic hydroxyl groups excluding tert-OH is 1. The van der Waals surface area contributed by atoms with Gasteiger partial charge in [-0.25, -0.2) is 0 Å². The van der Waals surface area contributed by atoms with Gasteiger partial charge in [-0.15, -0.1) is 0 Å². The molecule has 0 bridgehead atoms. The van der Waals surface area contributed by atoms with Crippen molar-refractivity contribution in [3.05, 3.63) is 29.8 Å². The summed E-state index contributed by atoms with van der Waals surface area (Å²) >= 11 is 0. The highest BCUT2D eigenvalue weighted by molar-refractivity contribution is 8.77. The van der Waals surface area contributed by atoms with Crippen molar-refractivity contribution in [2.75, 3.05) is 25.7 Å². The third-order valence-electron chi connectivity index (χ3n) is 4.03. The monoisotopic (exact) mass is 530 g/mol. The van der Waals surface area contributed by atoms with E-state index in [4.69, 9.17) is 9.29 Å². The number of hydrogen-bond donors (Lipinski definition) is 1. The molecule has 0 radical (unpaired) electrons. The Kier molecular flexibility index (Phi) is 18.5. The summed E-state index contributed by atoms with van der Waals surface area (Å²) in [5.74, 6) is 0. The predicted molar refractivity (Wildman–Crippen MR) is 147 cm³/mol. The van der Waals surface area contributed by atoms with Crippen molar-refractivity contribution in [2.24, 2.45) is 0 Å². The van der Waals surface area contributed by atoms with E-state index in [1.54, 1.807) is 56.6 Å². The number of rotatable bonds is 13. The molecule has 1 aromatic carbocycles. The van der Waals surface area contributed by atoms with Crippen molar-refractivity contribution < 1.29 is 17.7 Å². The van der Waals surface area contributed by atoms with Gasteiger partial charge in [-0.3, -0.25) is 4.18 Å². The van der Waals surface area contributed by atoms with Gasteiger partial charge in [0.25, 0.3) is 10.1 Å². The maximum absolute atomic E-state index is 12.0. The first-order valence-electron chi connectivity index (χ1n) is 9.90. The van der Waals surface area contributed by atoms with Crippen LogP contribution in [-0.4, -0.2) is 48.7 Å². The molecule has 0 unspecified atom stereocenters. The molecule has 0 saturated carbocycles. The van der Waals surface area contributed by atoms with Crippen molar-refractivity contribution in [3.63, 3.8) is 0 Å². The van der Waals surface area contributed by atoms with Crippen LogP contribution >= 0.6 is 43.2 Å². The van der Waals surface area contributed by atoms with Crippen molar-refractivity contribution in [1.29, 1.82) is 0 Å². The van der Waals surface area contributed by atoms with Crippen LogP contribution in [-0.2, 0) is 14.3 Å². The summed E-state index contributed by atoms with van der Waals surface area (Å²) in [6.45, 7) is 11.2. The van der Waals surface area contributed by atoms with Crippen molar-refractivity contribution in [1.82, 2.24) is 0 Å². The quantitative estimate of drug-likeness (QED) is 0.160. The summed E-state index contributed by atoms with van der Waals surface area (Å²) in [7, 11) is 3.58. The molecule has 0 aliphatic carbocycles. The van der Waals surface area contributed by atoms with Crippen LogP contribution in [0.5, 0.6) is 0 Å². The summed E-state index contributed by atoms with van der Waals surface area (Å²) in [5.41, 5.74) is 1.03. The summed E-state index contributed by atoms with van der Waals surface area (Å²) in [5, 5.41) is 8.58. The van der Waals surface area contributed by atoms with Crippen LogP contribution in [0.4, 0.5) is 0 Å². The van der Waals surface area contributed by atoms with E-state index in [0.29, 0.717) is 11.4 Å². The Bertz CT molecular complexity index is 674. The minimum absolute atomic E-state index is 0. The molecule has 0 spiro atoms. The predicted octanol–water partition coefficient (Wildman–Crippen LogP) is 7.46. The topological polar surface area (TPSA) is 63.6 Å². The number of aliphatic hydroxyl groups is 1. The highest BCUT2D eigenvalue weighted by Crippen LogP contribution is 2.37. The Balaban J connectivity index is 0. The molecule has 184 valence electrons. The van der Waals surface area contributed by atoms with Crippen LogP contribution in [0, 0.1) is 6.92 Å². The normalized spacial score (nSPS) is 12.0. The molecule has 9 heteroatoms. The Hall–Kier alpha value is 0.490. The first kappa shape index (κ1) is 33.7. The van der Waals surface area contributed by atoms with Gasteiger partial charge in [-0.05, 0) is 84.9 Å². The van der Waals surface area contributed by atoms with Crippen LogP contribution < -0.4 is 0 Å². The molecule has 1 aromatic rings. The van der Waals surface area contributed by atoms with Gasteiger partial charge in [0.1, 0.15) is 0 Å². The van der Waals surface area contributed by atoms with E-state index < -0.39 is 10.1 Å². The molecule has 1 N–H and O–H groups in total. The van der Waals surface area contributed by atoms with Gasteiger partial charge in [0.15, 0.2) is 0 Å².